The van der Waals surface area contributed by atoms with Crippen molar-refractivity contribution in [3.63, 3.8) is 0 Å². The van der Waals surface area contributed by atoms with Crippen LogP contribution >= 0.6 is 11.8 Å². The second-order valence-electron chi connectivity index (χ2n) is 3.45. The Hall–Kier alpha value is -0.790. The first kappa shape index (κ1) is 14.3. The summed E-state index contributed by atoms with van der Waals surface area (Å²) in [6, 6.07) is 3.04. The largest absolute Gasteiger partial charge is 0.373 e. The molecule has 0 amide bonds. The van der Waals surface area contributed by atoms with Crippen molar-refractivity contribution in [3.05, 3.63) is 18.3 Å². The van der Waals surface area contributed by atoms with Gasteiger partial charge in [0.05, 0.1) is 4.90 Å². The Morgan fingerprint density at radius 2 is 2.24 bits per heavy atom. The number of pyridine rings is 1. The molecule has 0 spiro atoms. The number of nitrogens with zero attached hydrogens (tertiary/aromatic N) is 2. The lowest BCUT2D eigenvalue weighted by molar-refractivity contribution is 0.488. The van der Waals surface area contributed by atoms with E-state index in [0.29, 0.717) is 12.4 Å². The average molecular weight is 275 g/mol. The van der Waals surface area contributed by atoms with Crippen LogP contribution in [-0.2, 0) is 10.0 Å². The van der Waals surface area contributed by atoms with Gasteiger partial charge in [-0.15, -0.1) is 0 Å². The van der Waals surface area contributed by atoms with E-state index in [2.05, 4.69) is 10.3 Å². The lowest BCUT2D eigenvalue weighted by Crippen LogP contribution is -2.29. The van der Waals surface area contributed by atoms with Crippen molar-refractivity contribution in [1.29, 1.82) is 0 Å². The molecule has 0 aromatic carbocycles. The molecule has 0 unspecified atom stereocenters. The highest BCUT2D eigenvalue weighted by Crippen LogP contribution is 2.16. The molecular formula is C10H17N3O2S2. The van der Waals surface area contributed by atoms with Crippen molar-refractivity contribution in [2.24, 2.45) is 0 Å². The standard InChI is InChI=1S/C10H17N3O2S2/c1-11-10-8-9(4-5-12-10)17(14,15)13(2)6-7-16-3/h4-5,8H,6-7H2,1-3H3,(H,11,12). The van der Waals surface area contributed by atoms with E-state index in [1.165, 1.54) is 22.6 Å². The lowest BCUT2D eigenvalue weighted by Gasteiger charge is -2.16. The molecule has 1 aromatic rings. The number of hydrogen-bond acceptors (Lipinski definition) is 5. The maximum atomic E-state index is 12.2. The van der Waals surface area contributed by atoms with Crippen LogP contribution in [-0.4, -0.2) is 50.4 Å². The van der Waals surface area contributed by atoms with Crippen LogP contribution in [0, 0.1) is 0 Å². The van der Waals surface area contributed by atoms with Crippen molar-refractivity contribution in [1.82, 2.24) is 9.29 Å². The van der Waals surface area contributed by atoms with E-state index in [1.807, 2.05) is 6.26 Å². The van der Waals surface area contributed by atoms with E-state index < -0.39 is 10.0 Å². The highest BCUT2D eigenvalue weighted by molar-refractivity contribution is 7.98. The predicted molar refractivity (Wildman–Crippen MR) is 72.0 cm³/mol. The zero-order valence-electron chi connectivity index (χ0n) is 10.2. The van der Waals surface area contributed by atoms with E-state index >= 15 is 0 Å². The minimum Gasteiger partial charge on any atom is -0.373 e. The fourth-order valence-corrected chi connectivity index (χ4v) is 2.99. The number of rotatable bonds is 6. The maximum absolute atomic E-state index is 12.2. The van der Waals surface area contributed by atoms with Crippen molar-refractivity contribution < 1.29 is 8.42 Å². The zero-order valence-corrected chi connectivity index (χ0v) is 11.8. The lowest BCUT2D eigenvalue weighted by atomic mass is 10.5. The number of anilines is 1. The smallest absolute Gasteiger partial charge is 0.243 e. The molecule has 0 atom stereocenters. The summed E-state index contributed by atoms with van der Waals surface area (Å²) in [6.45, 7) is 0.501. The number of sulfonamides is 1. The number of aromatic nitrogens is 1. The number of thioether (sulfide) groups is 1. The third-order valence-corrected chi connectivity index (χ3v) is 4.75. The van der Waals surface area contributed by atoms with E-state index in [1.54, 1.807) is 25.9 Å². The molecule has 0 aliphatic heterocycles. The molecule has 0 saturated carbocycles. The quantitative estimate of drug-likeness (QED) is 0.842. The van der Waals surface area contributed by atoms with Crippen LogP contribution < -0.4 is 5.32 Å². The molecular weight excluding hydrogens is 258 g/mol. The van der Waals surface area contributed by atoms with Crippen LogP contribution in [0.1, 0.15) is 0 Å². The molecule has 1 rings (SSSR count). The van der Waals surface area contributed by atoms with Gasteiger partial charge in [-0.1, -0.05) is 0 Å². The van der Waals surface area contributed by atoms with E-state index in [9.17, 15) is 8.42 Å². The van der Waals surface area contributed by atoms with E-state index in [4.69, 9.17) is 0 Å². The summed E-state index contributed by atoms with van der Waals surface area (Å²) < 4.78 is 25.7. The number of hydrogen-bond donors (Lipinski definition) is 1. The fourth-order valence-electron chi connectivity index (χ4n) is 1.23. The summed E-state index contributed by atoms with van der Waals surface area (Å²) in [7, 11) is -0.111. The van der Waals surface area contributed by atoms with E-state index in [0.717, 1.165) is 5.75 Å². The monoisotopic (exact) mass is 275 g/mol. The fraction of sp³-hybridized carbons (Fsp3) is 0.500. The van der Waals surface area contributed by atoms with Crippen LogP contribution in [0.25, 0.3) is 0 Å². The maximum Gasteiger partial charge on any atom is 0.243 e. The van der Waals surface area contributed by atoms with Crippen LogP contribution in [0.4, 0.5) is 5.82 Å². The predicted octanol–water partition coefficient (Wildman–Crippen LogP) is 1.11. The van der Waals surface area contributed by atoms with Gasteiger partial charge in [0.2, 0.25) is 10.0 Å². The molecule has 0 radical (unpaired) electrons. The molecule has 0 aliphatic rings. The third kappa shape index (κ3) is 3.58. The van der Waals surface area contributed by atoms with Gasteiger partial charge in [-0.05, 0) is 12.3 Å². The molecule has 0 bridgehead atoms. The summed E-state index contributed by atoms with van der Waals surface area (Å²) in [5, 5.41) is 2.82. The molecule has 1 N–H and O–H groups in total. The van der Waals surface area contributed by atoms with Gasteiger partial charge >= 0.3 is 0 Å². The Bertz CT molecular complexity index is 462. The Morgan fingerprint density at radius 1 is 1.53 bits per heavy atom. The second-order valence-corrected chi connectivity index (χ2v) is 6.48. The molecule has 1 aromatic heterocycles. The summed E-state index contributed by atoms with van der Waals surface area (Å²) >= 11 is 1.62. The Labute approximate surface area is 107 Å². The van der Waals surface area contributed by atoms with Gasteiger partial charge in [0, 0.05) is 38.7 Å². The van der Waals surface area contributed by atoms with Crippen molar-refractivity contribution >= 4 is 27.6 Å². The molecule has 17 heavy (non-hydrogen) atoms. The molecule has 7 heteroatoms. The van der Waals surface area contributed by atoms with Gasteiger partial charge in [0.1, 0.15) is 5.82 Å². The molecule has 96 valence electrons. The average Bonchev–Trinajstić information content (AvgIpc) is 2.35. The minimum absolute atomic E-state index is 0.264. The molecule has 0 saturated heterocycles. The Kier molecular flexibility index (Phi) is 5.23. The van der Waals surface area contributed by atoms with Gasteiger partial charge in [0.15, 0.2) is 0 Å². The van der Waals surface area contributed by atoms with Gasteiger partial charge in [0.25, 0.3) is 0 Å². The van der Waals surface area contributed by atoms with Gasteiger partial charge in [-0.2, -0.15) is 11.8 Å². The topological polar surface area (TPSA) is 62.3 Å². The summed E-state index contributed by atoms with van der Waals surface area (Å²) in [5.74, 6) is 1.32. The first-order valence-electron chi connectivity index (χ1n) is 5.11. The second kappa shape index (κ2) is 6.23. The van der Waals surface area contributed by atoms with Crippen LogP contribution in [0.3, 0.4) is 0 Å². The molecule has 1 heterocycles. The van der Waals surface area contributed by atoms with Crippen LogP contribution in [0.5, 0.6) is 0 Å². The highest BCUT2D eigenvalue weighted by atomic mass is 32.2. The normalized spacial score (nSPS) is 11.8. The number of nitrogens with one attached hydrogen (secondary N) is 1. The molecule has 5 nitrogen and oxygen atoms in total. The summed E-state index contributed by atoms with van der Waals surface area (Å²) in [5.41, 5.74) is 0. The highest BCUT2D eigenvalue weighted by Gasteiger charge is 2.20. The van der Waals surface area contributed by atoms with Crippen LogP contribution in [0.2, 0.25) is 0 Å². The first-order valence-corrected chi connectivity index (χ1v) is 7.95. The zero-order chi connectivity index (χ0) is 12.9. The molecule has 0 fully saturated rings. The summed E-state index contributed by atoms with van der Waals surface area (Å²) in [4.78, 5) is 4.26. The van der Waals surface area contributed by atoms with Gasteiger partial charge in [-0.3, -0.25) is 0 Å². The van der Waals surface area contributed by atoms with E-state index in [-0.39, 0.29) is 4.90 Å². The summed E-state index contributed by atoms with van der Waals surface area (Å²) in [6.07, 6.45) is 3.44. The molecule has 0 aliphatic carbocycles. The van der Waals surface area contributed by atoms with Gasteiger partial charge < -0.3 is 5.32 Å². The third-order valence-electron chi connectivity index (χ3n) is 2.31. The van der Waals surface area contributed by atoms with Crippen molar-refractivity contribution in [2.45, 2.75) is 4.90 Å². The Balaban J connectivity index is 2.95. The van der Waals surface area contributed by atoms with Crippen LogP contribution in [0.15, 0.2) is 23.2 Å². The minimum atomic E-state index is -3.40. The van der Waals surface area contributed by atoms with Crippen molar-refractivity contribution in [3.8, 4) is 0 Å². The van der Waals surface area contributed by atoms with Gasteiger partial charge in [-0.25, -0.2) is 17.7 Å². The van der Waals surface area contributed by atoms with Crippen molar-refractivity contribution in [2.75, 3.05) is 38.0 Å². The first-order chi connectivity index (χ1) is 8.02. The Morgan fingerprint density at radius 3 is 2.82 bits per heavy atom. The SMILES string of the molecule is CNc1cc(S(=O)(=O)N(C)CCSC)ccn1.